The molecule has 10 heteroatoms. The second-order valence-corrected chi connectivity index (χ2v) is 10.1. The van der Waals surface area contributed by atoms with Crippen LogP contribution in [0.2, 0.25) is 5.02 Å². The van der Waals surface area contributed by atoms with E-state index in [1.807, 2.05) is 13.0 Å². The first-order valence-corrected chi connectivity index (χ1v) is 12.9. The lowest BCUT2D eigenvalue weighted by molar-refractivity contribution is -0.120. The summed E-state index contributed by atoms with van der Waals surface area (Å²) >= 11 is 6.09. The molecule has 5 rings (SSSR count). The SMILES string of the molecule is CCn1c(=O)n(CC2CC2)c(=O)c2cc(NC(=O)[C@H]3CNC[C@H]3COc3ccc(C#N)c(Cl)c3)ccc21. The van der Waals surface area contributed by atoms with Crippen molar-refractivity contribution in [2.24, 2.45) is 17.8 Å². The van der Waals surface area contributed by atoms with Gasteiger partial charge < -0.3 is 15.4 Å². The van der Waals surface area contributed by atoms with Crippen molar-refractivity contribution >= 4 is 34.1 Å². The van der Waals surface area contributed by atoms with Gasteiger partial charge in [0.25, 0.3) is 5.56 Å². The first-order valence-electron chi connectivity index (χ1n) is 12.5. The van der Waals surface area contributed by atoms with Crippen LogP contribution in [0.5, 0.6) is 5.75 Å². The maximum Gasteiger partial charge on any atom is 0.331 e. The molecule has 0 spiro atoms. The third-order valence-corrected chi connectivity index (χ3v) is 7.46. The number of carbonyl (C=O) groups is 1. The van der Waals surface area contributed by atoms with E-state index in [1.165, 1.54) is 4.57 Å². The van der Waals surface area contributed by atoms with Crippen LogP contribution >= 0.6 is 11.6 Å². The molecular formula is C27H28ClN5O4. The first kappa shape index (κ1) is 25.1. The Morgan fingerprint density at radius 3 is 2.70 bits per heavy atom. The molecular weight excluding hydrogens is 494 g/mol. The fraction of sp³-hybridized carbons (Fsp3) is 0.407. The predicted molar refractivity (Wildman–Crippen MR) is 141 cm³/mol. The molecule has 37 heavy (non-hydrogen) atoms. The second kappa shape index (κ2) is 10.4. The largest absolute Gasteiger partial charge is 0.493 e. The zero-order chi connectivity index (χ0) is 26.1. The summed E-state index contributed by atoms with van der Waals surface area (Å²) in [6, 6.07) is 12.0. The summed E-state index contributed by atoms with van der Waals surface area (Å²) in [7, 11) is 0. The Morgan fingerprint density at radius 1 is 1.19 bits per heavy atom. The van der Waals surface area contributed by atoms with Crippen molar-refractivity contribution in [2.45, 2.75) is 32.9 Å². The quantitative estimate of drug-likeness (QED) is 0.470. The van der Waals surface area contributed by atoms with Crippen LogP contribution in [-0.2, 0) is 17.9 Å². The minimum atomic E-state index is -0.333. The third kappa shape index (κ3) is 5.13. The topological polar surface area (TPSA) is 118 Å². The maximum atomic E-state index is 13.2. The van der Waals surface area contributed by atoms with Crippen molar-refractivity contribution < 1.29 is 9.53 Å². The Kier molecular flexibility index (Phi) is 7.04. The fourth-order valence-electron chi connectivity index (χ4n) is 4.86. The fourth-order valence-corrected chi connectivity index (χ4v) is 5.07. The van der Waals surface area contributed by atoms with E-state index in [2.05, 4.69) is 10.6 Å². The van der Waals surface area contributed by atoms with Gasteiger partial charge in [-0.1, -0.05) is 11.6 Å². The molecule has 0 unspecified atom stereocenters. The van der Waals surface area contributed by atoms with Gasteiger partial charge in [-0.15, -0.1) is 0 Å². The summed E-state index contributed by atoms with van der Waals surface area (Å²) in [6.07, 6.45) is 2.06. The molecule has 192 valence electrons. The molecule has 1 saturated carbocycles. The Labute approximate surface area is 218 Å². The number of nitrogens with zero attached hydrogens (tertiary/aromatic N) is 3. The number of halogens is 1. The minimum Gasteiger partial charge on any atom is -0.493 e. The van der Waals surface area contributed by atoms with E-state index in [0.717, 1.165) is 12.8 Å². The highest BCUT2D eigenvalue weighted by Gasteiger charge is 2.33. The lowest BCUT2D eigenvalue weighted by Crippen LogP contribution is -2.40. The van der Waals surface area contributed by atoms with E-state index in [9.17, 15) is 14.4 Å². The highest BCUT2D eigenvalue weighted by molar-refractivity contribution is 6.31. The van der Waals surface area contributed by atoms with Crippen LogP contribution in [-0.4, -0.2) is 34.7 Å². The molecule has 0 radical (unpaired) electrons. The molecule has 1 aromatic heterocycles. The summed E-state index contributed by atoms with van der Waals surface area (Å²) in [5.74, 6) is 0.342. The molecule has 2 aromatic carbocycles. The molecule has 2 N–H and O–H groups in total. The number of amides is 1. The minimum absolute atomic E-state index is 0.0732. The van der Waals surface area contributed by atoms with Crippen LogP contribution in [0, 0.1) is 29.1 Å². The summed E-state index contributed by atoms with van der Waals surface area (Å²) in [5.41, 5.74) is 0.853. The van der Waals surface area contributed by atoms with Gasteiger partial charge in [-0.2, -0.15) is 5.26 Å². The summed E-state index contributed by atoms with van der Waals surface area (Å²) in [5, 5.41) is 16.0. The zero-order valence-electron chi connectivity index (χ0n) is 20.5. The van der Waals surface area contributed by atoms with E-state index in [4.69, 9.17) is 21.6 Å². The van der Waals surface area contributed by atoms with Gasteiger partial charge in [0.1, 0.15) is 11.8 Å². The molecule has 0 bridgehead atoms. The predicted octanol–water partition coefficient (Wildman–Crippen LogP) is 2.97. The summed E-state index contributed by atoms with van der Waals surface area (Å²) in [4.78, 5) is 39.3. The molecule has 3 aromatic rings. The maximum absolute atomic E-state index is 13.2. The second-order valence-electron chi connectivity index (χ2n) is 9.70. The average Bonchev–Trinajstić information content (AvgIpc) is 3.59. The number of nitrogens with one attached hydrogen (secondary N) is 2. The van der Waals surface area contributed by atoms with Gasteiger partial charge in [-0.3, -0.25) is 18.7 Å². The average molecular weight is 522 g/mol. The van der Waals surface area contributed by atoms with Gasteiger partial charge in [-0.05, 0) is 56.0 Å². The molecule has 9 nitrogen and oxygen atoms in total. The van der Waals surface area contributed by atoms with Gasteiger partial charge in [-0.25, -0.2) is 4.79 Å². The van der Waals surface area contributed by atoms with Crippen molar-refractivity contribution in [3.63, 3.8) is 0 Å². The van der Waals surface area contributed by atoms with Gasteiger partial charge in [0.2, 0.25) is 5.91 Å². The van der Waals surface area contributed by atoms with E-state index in [1.54, 1.807) is 41.0 Å². The molecule has 1 aliphatic carbocycles. The number of nitriles is 1. The normalized spacial score (nSPS) is 19.1. The molecule has 1 aliphatic heterocycles. The smallest absolute Gasteiger partial charge is 0.331 e. The number of aromatic nitrogens is 2. The Morgan fingerprint density at radius 2 is 2.00 bits per heavy atom. The molecule has 2 heterocycles. The van der Waals surface area contributed by atoms with E-state index in [-0.39, 0.29) is 29.0 Å². The number of benzene rings is 2. The van der Waals surface area contributed by atoms with Gasteiger partial charge in [0.15, 0.2) is 0 Å². The standard InChI is InChI=1S/C27H28ClN5O4/c1-2-32-24-8-6-19(9-21(24)26(35)33(27(32)36)14-16-3-4-16)31-25(34)22-13-30-12-18(22)15-37-20-7-5-17(11-29)23(28)10-20/h5-10,16,18,22,30H,2-4,12-15H2,1H3,(H,31,34)/t18-,22-/m0/s1. The van der Waals surface area contributed by atoms with Gasteiger partial charge >= 0.3 is 5.69 Å². The van der Waals surface area contributed by atoms with Gasteiger partial charge in [0, 0.05) is 43.9 Å². The number of carbonyl (C=O) groups excluding carboxylic acids is 1. The Balaban J connectivity index is 1.33. The van der Waals surface area contributed by atoms with E-state index >= 15 is 0 Å². The van der Waals surface area contributed by atoms with Crippen molar-refractivity contribution in [1.29, 1.82) is 5.26 Å². The van der Waals surface area contributed by atoms with Crippen LogP contribution in [0.3, 0.4) is 0 Å². The van der Waals surface area contributed by atoms with Crippen molar-refractivity contribution in [2.75, 3.05) is 25.0 Å². The Hall–Kier alpha value is -3.61. The van der Waals surface area contributed by atoms with Crippen molar-refractivity contribution in [1.82, 2.24) is 14.5 Å². The number of anilines is 1. The molecule has 2 fully saturated rings. The number of aryl methyl sites for hydroxylation is 1. The monoisotopic (exact) mass is 521 g/mol. The number of hydrogen-bond donors (Lipinski definition) is 2. The highest BCUT2D eigenvalue weighted by Crippen LogP contribution is 2.30. The third-order valence-electron chi connectivity index (χ3n) is 7.15. The van der Waals surface area contributed by atoms with Crippen LogP contribution in [0.15, 0.2) is 46.0 Å². The molecule has 2 atom stereocenters. The van der Waals surface area contributed by atoms with E-state index in [0.29, 0.717) is 71.6 Å². The van der Waals surface area contributed by atoms with E-state index < -0.39 is 0 Å². The molecule has 1 amide bonds. The van der Waals surface area contributed by atoms with Crippen LogP contribution in [0.1, 0.15) is 25.3 Å². The van der Waals surface area contributed by atoms with Crippen LogP contribution in [0.4, 0.5) is 5.69 Å². The number of hydrogen-bond acceptors (Lipinski definition) is 6. The molecule has 1 saturated heterocycles. The number of rotatable bonds is 8. The van der Waals surface area contributed by atoms with Crippen LogP contribution < -0.4 is 26.6 Å². The Bertz CT molecular complexity index is 1520. The van der Waals surface area contributed by atoms with Crippen molar-refractivity contribution in [3.8, 4) is 11.8 Å². The lowest BCUT2D eigenvalue weighted by atomic mass is 9.96. The highest BCUT2D eigenvalue weighted by atomic mass is 35.5. The lowest BCUT2D eigenvalue weighted by Gasteiger charge is -2.19. The first-order chi connectivity index (χ1) is 17.9. The van der Waals surface area contributed by atoms with Crippen LogP contribution in [0.25, 0.3) is 10.9 Å². The number of fused-ring (bicyclic) bond motifs is 1. The number of ether oxygens (including phenoxy) is 1. The summed E-state index contributed by atoms with van der Waals surface area (Å²) in [6.45, 7) is 4.19. The van der Waals surface area contributed by atoms with Crippen molar-refractivity contribution in [3.05, 3.63) is 67.8 Å². The summed E-state index contributed by atoms with van der Waals surface area (Å²) < 4.78 is 8.81. The molecule has 2 aliphatic rings. The zero-order valence-corrected chi connectivity index (χ0v) is 21.3. The van der Waals surface area contributed by atoms with Gasteiger partial charge in [0.05, 0.1) is 34.0 Å².